The van der Waals surface area contributed by atoms with E-state index in [0.29, 0.717) is 11.3 Å². The van der Waals surface area contributed by atoms with Crippen LogP contribution in [0.3, 0.4) is 0 Å². The minimum atomic E-state index is -1.34. The average Bonchev–Trinajstić information content (AvgIpc) is 3.18. The van der Waals surface area contributed by atoms with E-state index in [1.165, 1.54) is 20.3 Å². The van der Waals surface area contributed by atoms with E-state index in [-0.39, 0.29) is 36.0 Å². The minimum Gasteiger partial charge on any atom is -0.504 e. The summed E-state index contributed by atoms with van der Waals surface area (Å²) < 4.78 is 16.0. The summed E-state index contributed by atoms with van der Waals surface area (Å²) >= 11 is 0. The maximum Gasteiger partial charge on any atom is 0.407 e. The summed E-state index contributed by atoms with van der Waals surface area (Å²) in [7, 11) is 2.86. The van der Waals surface area contributed by atoms with E-state index < -0.39 is 18.1 Å². The quantitative estimate of drug-likeness (QED) is 0.444. The highest BCUT2D eigenvalue weighted by molar-refractivity contribution is 5.81. The first-order valence-electron chi connectivity index (χ1n) is 11.1. The Kier molecular flexibility index (Phi) is 6.82. The molecule has 0 radical (unpaired) electrons. The zero-order valence-corrected chi connectivity index (χ0v) is 19.7. The highest BCUT2D eigenvalue weighted by Gasteiger charge is 2.30. The molecule has 3 aromatic rings. The van der Waals surface area contributed by atoms with Crippen LogP contribution >= 0.6 is 0 Å². The number of aliphatic carboxylic acids is 1. The Morgan fingerprint density at radius 1 is 1.00 bits per heavy atom. The van der Waals surface area contributed by atoms with Crippen LogP contribution in [0.5, 0.6) is 17.2 Å². The molecule has 0 heterocycles. The van der Waals surface area contributed by atoms with E-state index in [1.54, 1.807) is 6.92 Å². The van der Waals surface area contributed by atoms with Crippen molar-refractivity contribution in [3.63, 3.8) is 0 Å². The van der Waals surface area contributed by atoms with E-state index in [9.17, 15) is 19.8 Å². The fraction of sp³-hybridized carbons (Fsp3) is 0.259. The van der Waals surface area contributed by atoms with Crippen LogP contribution in [0.2, 0.25) is 0 Å². The van der Waals surface area contributed by atoms with Gasteiger partial charge in [-0.3, -0.25) is 0 Å². The molecule has 3 N–H and O–H groups in total. The lowest BCUT2D eigenvalue weighted by Gasteiger charge is -2.19. The molecule has 0 bridgehead atoms. The fourth-order valence-electron chi connectivity index (χ4n) is 4.59. The van der Waals surface area contributed by atoms with Crippen molar-refractivity contribution in [1.82, 2.24) is 5.32 Å². The third-order valence-electron chi connectivity index (χ3n) is 6.32. The van der Waals surface area contributed by atoms with Crippen LogP contribution in [0, 0.1) is 6.92 Å². The number of alkyl carbamates (subject to hydrolysis) is 1. The summed E-state index contributed by atoms with van der Waals surface area (Å²) in [4.78, 5) is 24.5. The number of carboxylic acids is 1. The van der Waals surface area contributed by atoms with Crippen LogP contribution in [0.25, 0.3) is 11.1 Å². The molecule has 8 heteroatoms. The predicted molar refractivity (Wildman–Crippen MR) is 129 cm³/mol. The molecule has 3 aromatic carbocycles. The summed E-state index contributed by atoms with van der Waals surface area (Å²) in [6, 6.07) is 16.1. The van der Waals surface area contributed by atoms with E-state index in [1.807, 2.05) is 48.5 Å². The number of phenols is 1. The summed E-state index contributed by atoms with van der Waals surface area (Å²) in [5.41, 5.74) is 5.14. The lowest BCUT2D eigenvalue weighted by Crippen LogP contribution is -2.43. The third kappa shape index (κ3) is 4.59. The maximum atomic E-state index is 12.6. The van der Waals surface area contributed by atoms with Crippen molar-refractivity contribution >= 4 is 12.1 Å². The van der Waals surface area contributed by atoms with Gasteiger partial charge in [-0.1, -0.05) is 48.5 Å². The van der Waals surface area contributed by atoms with Gasteiger partial charge in [0.05, 0.1) is 14.2 Å². The Morgan fingerprint density at radius 2 is 1.60 bits per heavy atom. The van der Waals surface area contributed by atoms with Crippen molar-refractivity contribution < 1.29 is 34.0 Å². The van der Waals surface area contributed by atoms with Gasteiger partial charge in [-0.2, -0.15) is 0 Å². The van der Waals surface area contributed by atoms with Crippen LogP contribution < -0.4 is 14.8 Å². The zero-order chi connectivity index (χ0) is 25.1. The fourth-order valence-corrected chi connectivity index (χ4v) is 4.59. The number of carbonyl (C=O) groups is 2. The number of phenolic OH excluding ortho intramolecular Hbond substituents is 1. The van der Waals surface area contributed by atoms with Gasteiger partial charge in [0.15, 0.2) is 11.5 Å². The number of fused-ring (bicyclic) bond motifs is 3. The molecule has 1 atom stereocenters. The average molecular weight is 478 g/mol. The van der Waals surface area contributed by atoms with Gasteiger partial charge in [0.2, 0.25) is 0 Å². The maximum absolute atomic E-state index is 12.6. The lowest BCUT2D eigenvalue weighted by molar-refractivity contribution is -0.139. The number of ether oxygens (including phenoxy) is 3. The van der Waals surface area contributed by atoms with Crippen molar-refractivity contribution in [3.8, 4) is 28.4 Å². The predicted octanol–water partition coefficient (Wildman–Crippen LogP) is 4.25. The van der Waals surface area contributed by atoms with Crippen molar-refractivity contribution in [2.45, 2.75) is 25.3 Å². The first-order chi connectivity index (χ1) is 16.8. The number of hydrogen-bond acceptors (Lipinski definition) is 6. The number of methoxy groups -OCH3 is 2. The van der Waals surface area contributed by atoms with Gasteiger partial charge in [-0.25, -0.2) is 9.59 Å². The molecule has 1 aliphatic carbocycles. The molecule has 1 amide bonds. The van der Waals surface area contributed by atoms with Gasteiger partial charge in [-0.05, 0) is 35.2 Å². The monoisotopic (exact) mass is 477 g/mol. The smallest absolute Gasteiger partial charge is 0.407 e. The second-order valence-electron chi connectivity index (χ2n) is 8.31. The van der Waals surface area contributed by atoms with Gasteiger partial charge in [-0.15, -0.1) is 0 Å². The molecule has 35 heavy (non-hydrogen) atoms. The molecule has 4 rings (SSSR count). The Balaban J connectivity index is 1.48. The number of carbonyl (C=O) groups excluding carboxylic acids is 1. The minimum absolute atomic E-state index is 0.0592. The van der Waals surface area contributed by atoms with Gasteiger partial charge >= 0.3 is 12.1 Å². The number of rotatable bonds is 8. The first kappa shape index (κ1) is 23.9. The van der Waals surface area contributed by atoms with Gasteiger partial charge in [0.1, 0.15) is 18.4 Å². The van der Waals surface area contributed by atoms with Crippen LogP contribution in [-0.4, -0.2) is 49.1 Å². The van der Waals surface area contributed by atoms with Crippen molar-refractivity contribution in [3.05, 3.63) is 76.9 Å². The van der Waals surface area contributed by atoms with Crippen molar-refractivity contribution in [1.29, 1.82) is 0 Å². The Labute approximate surface area is 203 Å². The second kappa shape index (κ2) is 9.97. The summed E-state index contributed by atoms with van der Waals surface area (Å²) in [6.07, 6.45) is -1.05. The van der Waals surface area contributed by atoms with Crippen LogP contribution in [0.15, 0.2) is 54.6 Å². The molecule has 182 valence electrons. The highest BCUT2D eigenvalue weighted by atomic mass is 16.5. The molecule has 0 spiro atoms. The van der Waals surface area contributed by atoms with Crippen LogP contribution in [0.1, 0.15) is 28.2 Å². The number of aromatic hydroxyl groups is 1. The number of carboxylic acid groups (broad SMARTS) is 1. The van der Waals surface area contributed by atoms with E-state index in [0.717, 1.165) is 22.3 Å². The van der Waals surface area contributed by atoms with Gasteiger partial charge < -0.3 is 29.7 Å². The third-order valence-corrected chi connectivity index (χ3v) is 6.32. The molecule has 0 aliphatic heterocycles. The summed E-state index contributed by atoms with van der Waals surface area (Å²) in [6.45, 7) is 1.77. The molecule has 0 saturated carbocycles. The molecular weight excluding hydrogens is 450 g/mol. The molecule has 0 fully saturated rings. The number of hydrogen-bond donors (Lipinski definition) is 3. The van der Waals surface area contributed by atoms with E-state index >= 15 is 0 Å². The molecule has 0 saturated heterocycles. The largest absolute Gasteiger partial charge is 0.504 e. The number of benzene rings is 3. The lowest BCUT2D eigenvalue weighted by atomic mass is 9.98. The summed E-state index contributed by atoms with van der Waals surface area (Å²) in [5.74, 6) is -1.00. The highest BCUT2D eigenvalue weighted by Crippen LogP contribution is 2.44. The Morgan fingerprint density at radius 3 is 2.14 bits per heavy atom. The SMILES string of the molecule is COc1cc(CC(NC(=O)OCC2c3ccccc3-c3ccccc32)C(=O)O)c(O)c(OC)c1C. The Bertz CT molecular complexity index is 1220. The normalized spacial score (nSPS) is 12.9. The van der Waals surface area contributed by atoms with Crippen molar-refractivity contribution in [2.24, 2.45) is 0 Å². The molecule has 8 nitrogen and oxygen atoms in total. The van der Waals surface area contributed by atoms with Crippen LogP contribution in [0.4, 0.5) is 4.79 Å². The topological polar surface area (TPSA) is 114 Å². The van der Waals surface area contributed by atoms with E-state index in [4.69, 9.17) is 14.2 Å². The zero-order valence-electron chi connectivity index (χ0n) is 19.7. The summed E-state index contributed by atoms with van der Waals surface area (Å²) in [5, 5.41) is 22.7. The molecule has 1 aliphatic rings. The first-order valence-corrected chi connectivity index (χ1v) is 11.1. The van der Waals surface area contributed by atoms with Crippen LogP contribution in [-0.2, 0) is 16.0 Å². The standard InChI is InChI=1S/C27H27NO7/c1-15-23(33-2)13-16(24(29)25(15)34-3)12-22(26(30)31)28-27(32)35-14-21-19-10-6-4-8-17(19)18-9-5-7-11-20(18)21/h4-11,13,21-22,29H,12,14H2,1-3H3,(H,28,32)(H,30,31). The second-order valence-corrected chi connectivity index (χ2v) is 8.31. The number of nitrogens with one attached hydrogen (secondary N) is 1. The molecular formula is C27H27NO7. The van der Waals surface area contributed by atoms with Gasteiger partial charge in [0.25, 0.3) is 0 Å². The van der Waals surface area contributed by atoms with E-state index in [2.05, 4.69) is 5.32 Å². The Hall–Kier alpha value is -4.20. The van der Waals surface area contributed by atoms with Gasteiger partial charge in [0, 0.05) is 23.5 Å². The van der Waals surface area contributed by atoms with Crippen molar-refractivity contribution in [2.75, 3.05) is 20.8 Å². The molecule has 1 unspecified atom stereocenters. The number of amides is 1. The molecule has 0 aromatic heterocycles.